The summed E-state index contributed by atoms with van der Waals surface area (Å²) in [5.41, 5.74) is 1.28. The standard InChI is InChI=1S/C16H17BrO4/c1-19-13-7-5-4-6-10(13)16(18)11-8-15(21-3)12(17)9-14(11)20-2/h4-9,16,18H,1-3H3. The van der Waals surface area contributed by atoms with E-state index in [0.717, 1.165) is 4.47 Å². The molecule has 5 heteroatoms. The van der Waals surface area contributed by atoms with E-state index in [9.17, 15) is 5.11 Å². The van der Waals surface area contributed by atoms with E-state index in [1.807, 2.05) is 18.2 Å². The number of hydrogen-bond donors (Lipinski definition) is 1. The van der Waals surface area contributed by atoms with Crippen LogP contribution in [0.5, 0.6) is 17.2 Å². The maximum Gasteiger partial charge on any atom is 0.133 e. The molecule has 0 saturated heterocycles. The monoisotopic (exact) mass is 352 g/mol. The summed E-state index contributed by atoms with van der Waals surface area (Å²) in [7, 11) is 4.71. The number of rotatable bonds is 5. The molecule has 0 bridgehead atoms. The fourth-order valence-corrected chi connectivity index (χ4v) is 2.64. The van der Waals surface area contributed by atoms with E-state index < -0.39 is 6.10 Å². The second-order valence-corrected chi connectivity index (χ2v) is 5.23. The first-order valence-corrected chi connectivity index (χ1v) is 7.14. The van der Waals surface area contributed by atoms with E-state index in [1.54, 1.807) is 39.5 Å². The summed E-state index contributed by atoms with van der Waals surface area (Å²) >= 11 is 3.40. The van der Waals surface area contributed by atoms with Crippen LogP contribution in [0.25, 0.3) is 0 Å². The molecule has 1 unspecified atom stereocenters. The molecular formula is C16H17BrO4. The third-order valence-electron chi connectivity index (χ3n) is 3.23. The van der Waals surface area contributed by atoms with Crippen molar-refractivity contribution >= 4 is 15.9 Å². The first kappa shape index (κ1) is 15.7. The Morgan fingerprint density at radius 3 is 2.10 bits per heavy atom. The second-order valence-electron chi connectivity index (χ2n) is 4.37. The molecule has 1 N–H and O–H groups in total. The van der Waals surface area contributed by atoms with Gasteiger partial charge in [0.25, 0.3) is 0 Å². The van der Waals surface area contributed by atoms with E-state index >= 15 is 0 Å². The Morgan fingerprint density at radius 1 is 0.857 bits per heavy atom. The van der Waals surface area contributed by atoms with Crippen LogP contribution in [0.1, 0.15) is 17.2 Å². The number of halogens is 1. The van der Waals surface area contributed by atoms with Crippen LogP contribution in [0.4, 0.5) is 0 Å². The molecule has 2 aromatic rings. The number of methoxy groups -OCH3 is 3. The molecular weight excluding hydrogens is 336 g/mol. The predicted molar refractivity (Wildman–Crippen MR) is 84.3 cm³/mol. The normalized spacial score (nSPS) is 11.9. The van der Waals surface area contributed by atoms with Gasteiger partial charge >= 0.3 is 0 Å². The minimum atomic E-state index is -0.877. The predicted octanol–water partition coefficient (Wildman–Crippen LogP) is 3.56. The van der Waals surface area contributed by atoms with Crippen LogP contribution in [0.2, 0.25) is 0 Å². The van der Waals surface area contributed by atoms with Gasteiger partial charge in [-0.25, -0.2) is 0 Å². The van der Waals surface area contributed by atoms with Crippen molar-refractivity contribution < 1.29 is 19.3 Å². The van der Waals surface area contributed by atoms with Crippen LogP contribution in [0.3, 0.4) is 0 Å². The zero-order valence-corrected chi connectivity index (χ0v) is 13.7. The molecule has 112 valence electrons. The Hall–Kier alpha value is -1.72. The van der Waals surface area contributed by atoms with Crippen LogP contribution in [-0.4, -0.2) is 26.4 Å². The zero-order valence-electron chi connectivity index (χ0n) is 12.1. The molecule has 21 heavy (non-hydrogen) atoms. The van der Waals surface area contributed by atoms with Crippen LogP contribution in [0, 0.1) is 0 Å². The fourth-order valence-electron chi connectivity index (χ4n) is 2.16. The van der Waals surface area contributed by atoms with Gasteiger partial charge < -0.3 is 19.3 Å². The molecule has 0 aromatic heterocycles. The average molecular weight is 353 g/mol. The topological polar surface area (TPSA) is 47.9 Å². The molecule has 0 amide bonds. The van der Waals surface area contributed by atoms with Gasteiger partial charge in [-0.3, -0.25) is 0 Å². The highest BCUT2D eigenvalue weighted by molar-refractivity contribution is 9.10. The van der Waals surface area contributed by atoms with Gasteiger partial charge in [0, 0.05) is 11.1 Å². The summed E-state index contributed by atoms with van der Waals surface area (Å²) in [4.78, 5) is 0. The molecule has 0 saturated carbocycles. The van der Waals surface area contributed by atoms with Gasteiger partial charge in [0.2, 0.25) is 0 Å². The molecule has 0 fully saturated rings. The first-order valence-electron chi connectivity index (χ1n) is 6.34. The summed E-state index contributed by atoms with van der Waals surface area (Å²) in [6.07, 6.45) is -0.877. The Bertz CT molecular complexity index is 628. The molecule has 0 heterocycles. The van der Waals surface area contributed by atoms with Crippen molar-refractivity contribution in [2.24, 2.45) is 0 Å². The van der Waals surface area contributed by atoms with Crippen LogP contribution in [-0.2, 0) is 0 Å². The zero-order chi connectivity index (χ0) is 15.4. The molecule has 0 aliphatic heterocycles. The second kappa shape index (κ2) is 6.83. The smallest absolute Gasteiger partial charge is 0.133 e. The van der Waals surface area contributed by atoms with E-state index in [0.29, 0.717) is 28.4 Å². The Kier molecular flexibility index (Phi) is 5.09. The van der Waals surface area contributed by atoms with Gasteiger partial charge in [-0.05, 0) is 34.1 Å². The van der Waals surface area contributed by atoms with Crippen LogP contribution < -0.4 is 14.2 Å². The van der Waals surface area contributed by atoms with E-state index in [4.69, 9.17) is 14.2 Å². The van der Waals surface area contributed by atoms with Crippen LogP contribution >= 0.6 is 15.9 Å². The maximum absolute atomic E-state index is 10.7. The van der Waals surface area contributed by atoms with Crippen molar-refractivity contribution in [2.45, 2.75) is 6.10 Å². The van der Waals surface area contributed by atoms with Crippen molar-refractivity contribution in [2.75, 3.05) is 21.3 Å². The fraction of sp³-hybridized carbons (Fsp3) is 0.250. The number of ether oxygens (including phenoxy) is 3. The van der Waals surface area contributed by atoms with E-state index in [-0.39, 0.29) is 0 Å². The van der Waals surface area contributed by atoms with Gasteiger partial charge in [0.15, 0.2) is 0 Å². The van der Waals surface area contributed by atoms with Crippen molar-refractivity contribution in [3.05, 3.63) is 52.0 Å². The Morgan fingerprint density at radius 2 is 1.48 bits per heavy atom. The van der Waals surface area contributed by atoms with Crippen molar-refractivity contribution in [1.82, 2.24) is 0 Å². The van der Waals surface area contributed by atoms with E-state index in [2.05, 4.69) is 15.9 Å². The molecule has 0 aliphatic rings. The third-order valence-corrected chi connectivity index (χ3v) is 3.85. The molecule has 1 atom stereocenters. The molecule has 0 aliphatic carbocycles. The summed E-state index contributed by atoms with van der Waals surface area (Å²) in [5, 5.41) is 10.7. The maximum atomic E-state index is 10.7. The summed E-state index contributed by atoms with van der Waals surface area (Å²) in [5.74, 6) is 1.81. The number of aliphatic hydroxyl groups excluding tert-OH is 1. The first-order chi connectivity index (χ1) is 10.1. The lowest BCUT2D eigenvalue weighted by molar-refractivity contribution is 0.209. The largest absolute Gasteiger partial charge is 0.496 e. The molecule has 4 nitrogen and oxygen atoms in total. The Labute approximate surface area is 132 Å². The lowest BCUT2D eigenvalue weighted by Crippen LogP contribution is -2.05. The lowest BCUT2D eigenvalue weighted by atomic mass is 9.99. The van der Waals surface area contributed by atoms with Gasteiger partial charge in [-0.1, -0.05) is 18.2 Å². The van der Waals surface area contributed by atoms with Crippen molar-refractivity contribution in [1.29, 1.82) is 0 Å². The van der Waals surface area contributed by atoms with Crippen molar-refractivity contribution in [3.8, 4) is 17.2 Å². The lowest BCUT2D eigenvalue weighted by Gasteiger charge is -2.19. The minimum Gasteiger partial charge on any atom is -0.496 e. The quantitative estimate of drug-likeness (QED) is 0.893. The molecule has 2 aromatic carbocycles. The highest BCUT2D eigenvalue weighted by Gasteiger charge is 2.21. The van der Waals surface area contributed by atoms with E-state index in [1.165, 1.54) is 0 Å². The molecule has 2 rings (SSSR count). The molecule has 0 radical (unpaired) electrons. The number of aliphatic hydroxyl groups is 1. The summed E-state index contributed by atoms with van der Waals surface area (Å²) < 4.78 is 16.7. The van der Waals surface area contributed by atoms with Gasteiger partial charge in [0.1, 0.15) is 23.4 Å². The van der Waals surface area contributed by atoms with Gasteiger partial charge in [0.05, 0.1) is 25.8 Å². The van der Waals surface area contributed by atoms with Gasteiger partial charge in [-0.2, -0.15) is 0 Å². The number of hydrogen-bond acceptors (Lipinski definition) is 4. The van der Waals surface area contributed by atoms with Crippen LogP contribution in [0.15, 0.2) is 40.9 Å². The summed E-state index contributed by atoms with van der Waals surface area (Å²) in [6.45, 7) is 0. The number of para-hydroxylation sites is 1. The number of benzene rings is 2. The third kappa shape index (κ3) is 3.14. The highest BCUT2D eigenvalue weighted by Crippen LogP contribution is 2.39. The SMILES string of the molecule is COc1cc(C(O)c2ccccc2OC)c(OC)cc1Br. The van der Waals surface area contributed by atoms with Crippen molar-refractivity contribution in [3.63, 3.8) is 0 Å². The summed E-state index contributed by atoms with van der Waals surface area (Å²) in [6, 6.07) is 10.9. The molecule has 0 spiro atoms. The average Bonchev–Trinajstić information content (AvgIpc) is 2.53. The minimum absolute atomic E-state index is 0.570. The highest BCUT2D eigenvalue weighted by atomic mass is 79.9. The Balaban J connectivity index is 2.54. The van der Waals surface area contributed by atoms with Gasteiger partial charge in [-0.15, -0.1) is 0 Å².